The smallest absolute Gasteiger partial charge is 0.272 e. The van der Waals surface area contributed by atoms with Crippen molar-refractivity contribution in [3.63, 3.8) is 0 Å². The number of aromatic nitrogens is 5. The van der Waals surface area contributed by atoms with E-state index in [1.54, 1.807) is 36.3 Å². The second-order valence-corrected chi connectivity index (χ2v) is 6.14. The summed E-state index contributed by atoms with van der Waals surface area (Å²) in [5, 5.41) is 15.1. The van der Waals surface area contributed by atoms with E-state index in [-0.39, 0.29) is 11.7 Å². The number of carbonyl (C=O) groups excluding carboxylic acids is 1. The van der Waals surface area contributed by atoms with E-state index in [4.69, 9.17) is 0 Å². The first-order valence-electron chi connectivity index (χ1n) is 8.10. The average Bonchev–Trinajstić information content (AvgIpc) is 3.13. The Kier molecular flexibility index (Phi) is 3.79. The van der Waals surface area contributed by atoms with Gasteiger partial charge in [-0.3, -0.25) is 4.79 Å². The number of carbonyl (C=O) groups is 1. The van der Waals surface area contributed by atoms with Crippen molar-refractivity contribution in [2.45, 2.75) is 32.4 Å². The third-order valence-electron chi connectivity index (χ3n) is 4.22. The number of aryl methyl sites for hydroxylation is 1. The topological polar surface area (TPSA) is 77.6 Å². The first-order chi connectivity index (χ1) is 12.1. The molecule has 8 heteroatoms. The van der Waals surface area contributed by atoms with E-state index in [2.05, 4.69) is 20.6 Å². The zero-order valence-electron chi connectivity index (χ0n) is 13.7. The highest BCUT2D eigenvalue weighted by molar-refractivity contribution is 5.92. The van der Waals surface area contributed by atoms with Crippen LogP contribution in [0.25, 0.3) is 5.69 Å². The van der Waals surface area contributed by atoms with Gasteiger partial charge in [0.25, 0.3) is 5.91 Å². The Bertz CT molecular complexity index is 927. The summed E-state index contributed by atoms with van der Waals surface area (Å²) in [7, 11) is 0. The molecule has 0 unspecified atom stereocenters. The predicted octanol–water partition coefficient (Wildman–Crippen LogP) is 2.18. The molecule has 3 aromatic rings. The predicted molar refractivity (Wildman–Crippen MR) is 87.7 cm³/mol. The second-order valence-electron chi connectivity index (χ2n) is 6.14. The van der Waals surface area contributed by atoms with Gasteiger partial charge in [-0.25, -0.2) is 9.07 Å². The van der Waals surface area contributed by atoms with Crippen molar-refractivity contribution in [3.05, 3.63) is 59.7 Å². The van der Waals surface area contributed by atoms with Crippen LogP contribution in [0.4, 0.5) is 4.39 Å². The summed E-state index contributed by atoms with van der Waals surface area (Å²) < 4.78 is 16.8. The molecule has 1 saturated carbocycles. The van der Waals surface area contributed by atoms with Crippen LogP contribution in [-0.2, 0) is 6.54 Å². The number of amides is 1. The zero-order chi connectivity index (χ0) is 17.4. The minimum absolute atomic E-state index is 0.288. The van der Waals surface area contributed by atoms with Crippen molar-refractivity contribution >= 4 is 5.91 Å². The van der Waals surface area contributed by atoms with E-state index in [0.717, 1.165) is 29.9 Å². The molecular formula is C17H17FN6O. The lowest BCUT2D eigenvalue weighted by Gasteiger charge is -2.06. The monoisotopic (exact) mass is 340 g/mol. The standard InChI is InChI=1S/C17H17FN6O/c1-11-8-12(18)2-5-15(11)24-7-6-14(22-24)17(25)19-9-16-21-20-10-23(16)13-3-4-13/h2,5-8,10,13H,3-4,9H2,1H3,(H,19,25). The van der Waals surface area contributed by atoms with Gasteiger partial charge >= 0.3 is 0 Å². The minimum atomic E-state index is -0.300. The van der Waals surface area contributed by atoms with E-state index in [9.17, 15) is 9.18 Å². The van der Waals surface area contributed by atoms with Crippen LogP contribution in [0.15, 0.2) is 36.8 Å². The molecule has 25 heavy (non-hydrogen) atoms. The van der Waals surface area contributed by atoms with Crippen LogP contribution in [0.5, 0.6) is 0 Å². The van der Waals surface area contributed by atoms with Gasteiger partial charge in [-0.1, -0.05) is 0 Å². The Morgan fingerprint density at radius 3 is 2.96 bits per heavy atom. The SMILES string of the molecule is Cc1cc(F)ccc1-n1ccc(C(=O)NCc2nncn2C2CC2)n1. The van der Waals surface area contributed by atoms with Gasteiger partial charge in [-0.05, 0) is 49.6 Å². The van der Waals surface area contributed by atoms with Crippen molar-refractivity contribution < 1.29 is 9.18 Å². The van der Waals surface area contributed by atoms with Crippen LogP contribution in [-0.4, -0.2) is 30.5 Å². The van der Waals surface area contributed by atoms with E-state index in [0.29, 0.717) is 18.3 Å². The third kappa shape index (κ3) is 3.15. The number of hydrogen-bond acceptors (Lipinski definition) is 4. The molecule has 1 amide bonds. The molecular weight excluding hydrogens is 323 g/mol. The molecule has 1 aromatic carbocycles. The Labute approximate surface area is 143 Å². The fraction of sp³-hybridized carbons (Fsp3) is 0.294. The molecule has 4 rings (SSSR count). The van der Waals surface area contributed by atoms with Gasteiger partial charge in [0.2, 0.25) is 0 Å². The highest BCUT2D eigenvalue weighted by Gasteiger charge is 2.26. The summed E-state index contributed by atoms with van der Waals surface area (Å²) in [5.41, 5.74) is 1.77. The number of nitrogens with one attached hydrogen (secondary N) is 1. The van der Waals surface area contributed by atoms with E-state index >= 15 is 0 Å². The lowest BCUT2D eigenvalue weighted by atomic mass is 10.2. The molecule has 0 aliphatic heterocycles. The lowest BCUT2D eigenvalue weighted by Crippen LogP contribution is -2.25. The Hall–Kier alpha value is -3.03. The molecule has 2 aromatic heterocycles. The summed E-state index contributed by atoms with van der Waals surface area (Å²) >= 11 is 0. The third-order valence-corrected chi connectivity index (χ3v) is 4.22. The largest absolute Gasteiger partial charge is 0.343 e. The van der Waals surface area contributed by atoms with Crippen molar-refractivity contribution in [3.8, 4) is 5.69 Å². The van der Waals surface area contributed by atoms with E-state index < -0.39 is 0 Å². The molecule has 1 aliphatic carbocycles. The van der Waals surface area contributed by atoms with Crippen molar-refractivity contribution in [1.82, 2.24) is 29.9 Å². The number of rotatable bonds is 5. The molecule has 1 N–H and O–H groups in total. The van der Waals surface area contributed by atoms with Gasteiger partial charge < -0.3 is 9.88 Å². The molecule has 128 valence electrons. The van der Waals surface area contributed by atoms with Crippen LogP contribution < -0.4 is 5.32 Å². The maximum atomic E-state index is 13.2. The molecule has 2 heterocycles. The normalized spacial score (nSPS) is 13.8. The van der Waals surface area contributed by atoms with Gasteiger partial charge in [-0.2, -0.15) is 5.10 Å². The van der Waals surface area contributed by atoms with Gasteiger partial charge in [0.05, 0.1) is 12.2 Å². The van der Waals surface area contributed by atoms with Gasteiger partial charge in [0.1, 0.15) is 12.1 Å². The van der Waals surface area contributed by atoms with Crippen LogP contribution in [0.1, 0.15) is 40.8 Å². The molecule has 0 atom stereocenters. The van der Waals surface area contributed by atoms with Gasteiger partial charge in [0, 0.05) is 12.2 Å². The molecule has 0 radical (unpaired) electrons. The van der Waals surface area contributed by atoms with Crippen molar-refractivity contribution in [2.24, 2.45) is 0 Å². The fourth-order valence-electron chi connectivity index (χ4n) is 2.76. The van der Waals surface area contributed by atoms with Gasteiger partial charge in [-0.15, -0.1) is 10.2 Å². The molecule has 1 fully saturated rings. The summed E-state index contributed by atoms with van der Waals surface area (Å²) in [6.45, 7) is 2.10. The molecule has 1 aliphatic rings. The maximum Gasteiger partial charge on any atom is 0.272 e. The van der Waals surface area contributed by atoms with Crippen LogP contribution in [0.3, 0.4) is 0 Å². The van der Waals surface area contributed by atoms with Crippen molar-refractivity contribution in [2.75, 3.05) is 0 Å². The van der Waals surface area contributed by atoms with E-state index in [1.807, 2.05) is 4.57 Å². The zero-order valence-corrected chi connectivity index (χ0v) is 13.7. The number of nitrogens with zero attached hydrogens (tertiary/aromatic N) is 5. The minimum Gasteiger partial charge on any atom is -0.343 e. The Balaban J connectivity index is 1.46. The fourth-order valence-corrected chi connectivity index (χ4v) is 2.76. The summed E-state index contributed by atoms with van der Waals surface area (Å²) in [4.78, 5) is 12.3. The molecule has 0 bridgehead atoms. The molecule has 0 saturated heterocycles. The summed E-state index contributed by atoms with van der Waals surface area (Å²) in [5.74, 6) is 0.152. The maximum absolute atomic E-state index is 13.2. The summed E-state index contributed by atoms with van der Waals surface area (Å²) in [6.07, 6.45) is 5.63. The quantitative estimate of drug-likeness (QED) is 0.772. The Morgan fingerprint density at radius 1 is 1.36 bits per heavy atom. The first-order valence-corrected chi connectivity index (χ1v) is 8.10. The highest BCUT2D eigenvalue weighted by Crippen LogP contribution is 2.35. The summed E-state index contributed by atoms with van der Waals surface area (Å²) in [6, 6.07) is 6.53. The molecule has 0 spiro atoms. The van der Waals surface area contributed by atoms with Crippen LogP contribution in [0, 0.1) is 12.7 Å². The first kappa shape index (κ1) is 15.5. The van der Waals surface area contributed by atoms with Crippen molar-refractivity contribution in [1.29, 1.82) is 0 Å². The van der Waals surface area contributed by atoms with E-state index in [1.165, 1.54) is 12.1 Å². The number of benzene rings is 1. The second kappa shape index (κ2) is 6.12. The van der Waals surface area contributed by atoms with Crippen LogP contribution in [0.2, 0.25) is 0 Å². The number of halogens is 1. The Morgan fingerprint density at radius 2 is 2.20 bits per heavy atom. The average molecular weight is 340 g/mol. The number of hydrogen-bond donors (Lipinski definition) is 1. The molecule has 7 nitrogen and oxygen atoms in total. The van der Waals surface area contributed by atoms with Crippen LogP contribution >= 0.6 is 0 Å². The lowest BCUT2D eigenvalue weighted by molar-refractivity contribution is 0.0944. The van der Waals surface area contributed by atoms with Gasteiger partial charge in [0.15, 0.2) is 11.5 Å². The highest BCUT2D eigenvalue weighted by atomic mass is 19.1.